The minimum atomic E-state index is 0.585. The summed E-state index contributed by atoms with van der Waals surface area (Å²) in [6.45, 7) is 4.79. The van der Waals surface area contributed by atoms with Crippen molar-refractivity contribution in [1.82, 2.24) is 4.90 Å². The molecule has 0 aliphatic heterocycles. The van der Waals surface area contributed by atoms with Crippen LogP contribution >= 0.6 is 15.9 Å². The highest BCUT2D eigenvalue weighted by molar-refractivity contribution is 9.09. The predicted octanol–water partition coefficient (Wildman–Crippen LogP) is 3.67. The molecule has 0 radical (unpaired) electrons. The van der Waals surface area contributed by atoms with Crippen molar-refractivity contribution in [3.63, 3.8) is 0 Å². The lowest BCUT2D eigenvalue weighted by Crippen LogP contribution is -2.38. The van der Waals surface area contributed by atoms with Gasteiger partial charge in [-0.1, -0.05) is 42.1 Å². The molecule has 0 aromatic carbocycles. The van der Waals surface area contributed by atoms with E-state index in [1.807, 2.05) is 0 Å². The van der Waals surface area contributed by atoms with E-state index in [1.165, 1.54) is 56.9 Å². The van der Waals surface area contributed by atoms with Crippen LogP contribution in [0.5, 0.6) is 0 Å². The Hall–Kier alpha value is 0.440. The third-order valence-electron chi connectivity index (χ3n) is 3.41. The Morgan fingerprint density at radius 3 is 2.36 bits per heavy atom. The molecular formula is C12H24BrN. The third-order valence-corrected chi connectivity index (χ3v) is 4.60. The summed E-state index contributed by atoms with van der Waals surface area (Å²) < 4.78 is 0. The van der Waals surface area contributed by atoms with Crippen molar-refractivity contribution in [3.05, 3.63) is 0 Å². The van der Waals surface area contributed by atoms with Crippen LogP contribution < -0.4 is 0 Å². The van der Waals surface area contributed by atoms with Gasteiger partial charge in [-0.3, -0.25) is 0 Å². The van der Waals surface area contributed by atoms with Gasteiger partial charge in [-0.05, 0) is 38.3 Å². The van der Waals surface area contributed by atoms with E-state index in [1.54, 1.807) is 0 Å². The zero-order chi connectivity index (χ0) is 10.4. The second-order valence-electron chi connectivity index (χ2n) is 4.93. The first-order valence-electron chi connectivity index (χ1n) is 5.97. The average Bonchev–Trinajstić information content (AvgIpc) is 2.19. The standard InChI is InChI=1S/C12H24BrN/c1-3-9-14(2)11-12(10-13)7-5-4-6-8-12/h3-11H2,1-2H3. The van der Waals surface area contributed by atoms with E-state index in [4.69, 9.17) is 0 Å². The minimum absolute atomic E-state index is 0.585. The quantitative estimate of drug-likeness (QED) is 0.683. The van der Waals surface area contributed by atoms with Crippen LogP contribution in [0, 0.1) is 5.41 Å². The van der Waals surface area contributed by atoms with E-state index in [0.717, 1.165) is 0 Å². The predicted molar refractivity (Wildman–Crippen MR) is 67.1 cm³/mol. The summed E-state index contributed by atoms with van der Waals surface area (Å²) >= 11 is 3.72. The van der Waals surface area contributed by atoms with Crippen molar-refractivity contribution in [2.24, 2.45) is 5.41 Å². The summed E-state index contributed by atoms with van der Waals surface area (Å²) in [4.78, 5) is 2.51. The molecule has 0 heterocycles. The lowest BCUT2D eigenvalue weighted by atomic mass is 9.75. The molecule has 0 spiro atoms. The number of rotatable bonds is 5. The van der Waals surface area contributed by atoms with Crippen molar-refractivity contribution < 1.29 is 0 Å². The van der Waals surface area contributed by atoms with E-state index in [9.17, 15) is 0 Å². The topological polar surface area (TPSA) is 3.24 Å². The fraction of sp³-hybridized carbons (Fsp3) is 1.00. The molecule has 0 unspecified atom stereocenters. The first-order valence-corrected chi connectivity index (χ1v) is 7.09. The summed E-state index contributed by atoms with van der Waals surface area (Å²) in [7, 11) is 2.27. The Bertz CT molecular complexity index is 152. The summed E-state index contributed by atoms with van der Waals surface area (Å²) in [5, 5.41) is 1.19. The zero-order valence-electron chi connectivity index (χ0n) is 9.69. The van der Waals surface area contributed by atoms with Gasteiger partial charge in [0.1, 0.15) is 0 Å². The summed E-state index contributed by atoms with van der Waals surface area (Å²) in [5.74, 6) is 0. The molecule has 0 N–H and O–H groups in total. The molecule has 0 bridgehead atoms. The first-order chi connectivity index (χ1) is 6.72. The van der Waals surface area contributed by atoms with Crippen LogP contribution in [0.25, 0.3) is 0 Å². The molecule has 0 saturated heterocycles. The summed E-state index contributed by atoms with van der Waals surface area (Å²) in [6.07, 6.45) is 8.44. The minimum Gasteiger partial charge on any atom is -0.306 e. The summed E-state index contributed by atoms with van der Waals surface area (Å²) in [6, 6.07) is 0. The van der Waals surface area contributed by atoms with E-state index < -0.39 is 0 Å². The van der Waals surface area contributed by atoms with Crippen molar-refractivity contribution in [3.8, 4) is 0 Å². The smallest absolute Gasteiger partial charge is 0.0100 e. The van der Waals surface area contributed by atoms with Gasteiger partial charge in [0, 0.05) is 11.9 Å². The molecule has 1 rings (SSSR count). The molecule has 1 aliphatic carbocycles. The highest BCUT2D eigenvalue weighted by atomic mass is 79.9. The molecule has 14 heavy (non-hydrogen) atoms. The van der Waals surface area contributed by atoms with Gasteiger partial charge in [-0.15, -0.1) is 0 Å². The molecule has 0 aromatic heterocycles. The van der Waals surface area contributed by atoms with Crippen LogP contribution in [0.2, 0.25) is 0 Å². The monoisotopic (exact) mass is 261 g/mol. The average molecular weight is 262 g/mol. The van der Waals surface area contributed by atoms with Gasteiger partial charge < -0.3 is 4.90 Å². The lowest BCUT2D eigenvalue weighted by Gasteiger charge is -2.39. The van der Waals surface area contributed by atoms with Gasteiger partial charge in [0.25, 0.3) is 0 Å². The Labute approximate surface area is 97.4 Å². The molecule has 1 fully saturated rings. The lowest BCUT2D eigenvalue weighted by molar-refractivity contribution is 0.145. The molecule has 1 aliphatic rings. The van der Waals surface area contributed by atoms with Gasteiger partial charge in [-0.2, -0.15) is 0 Å². The van der Waals surface area contributed by atoms with E-state index in [0.29, 0.717) is 5.41 Å². The maximum Gasteiger partial charge on any atom is 0.0100 e. The molecule has 1 nitrogen and oxygen atoms in total. The highest BCUT2D eigenvalue weighted by Gasteiger charge is 2.31. The van der Waals surface area contributed by atoms with Crippen LogP contribution in [-0.4, -0.2) is 30.4 Å². The van der Waals surface area contributed by atoms with Crippen molar-refractivity contribution >= 4 is 15.9 Å². The number of alkyl halides is 1. The van der Waals surface area contributed by atoms with Gasteiger partial charge in [-0.25, -0.2) is 0 Å². The van der Waals surface area contributed by atoms with Gasteiger partial charge in [0.05, 0.1) is 0 Å². The Balaban J connectivity index is 2.42. The Kier molecular flexibility index (Phi) is 5.47. The second kappa shape index (κ2) is 6.12. The SMILES string of the molecule is CCCN(C)CC1(CBr)CCCCC1. The molecule has 1 saturated carbocycles. The molecule has 0 atom stereocenters. The molecule has 0 amide bonds. The van der Waals surface area contributed by atoms with Crippen molar-refractivity contribution in [2.75, 3.05) is 25.5 Å². The van der Waals surface area contributed by atoms with Crippen molar-refractivity contribution in [2.45, 2.75) is 45.4 Å². The maximum atomic E-state index is 3.72. The number of halogens is 1. The van der Waals surface area contributed by atoms with Crippen LogP contribution in [0.15, 0.2) is 0 Å². The van der Waals surface area contributed by atoms with Crippen LogP contribution in [0.3, 0.4) is 0 Å². The van der Waals surface area contributed by atoms with Gasteiger partial charge in [0.2, 0.25) is 0 Å². The van der Waals surface area contributed by atoms with E-state index in [-0.39, 0.29) is 0 Å². The molecule has 0 aromatic rings. The van der Waals surface area contributed by atoms with Crippen LogP contribution in [0.4, 0.5) is 0 Å². The molecular weight excluding hydrogens is 238 g/mol. The fourth-order valence-electron chi connectivity index (χ4n) is 2.67. The molecule has 84 valence electrons. The highest BCUT2D eigenvalue weighted by Crippen LogP contribution is 2.38. The zero-order valence-corrected chi connectivity index (χ0v) is 11.3. The van der Waals surface area contributed by atoms with Crippen LogP contribution in [-0.2, 0) is 0 Å². The number of nitrogens with zero attached hydrogens (tertiary/aromatic N) is 1. The number of hydrogen-bond donors (Lipinski definition) is 0. The Morgan fingerprint density at radius 2 is 1.86 bits per heavy atom. The third kappa shape index (κ3) is 3.54. The van der Waals surface area contributed by atoms with Crippen molar-refractivity contribution in [1.29, 1.82) is 0 Å². The fourth-order valence-corrected chi connectivity index (χ4v) is 3.41. The summed E-state index contributed by atoms with van der Waals surface area (Å²) in [5.41, 5.74) is 0.585. The normalized spacial score (nSPS) is 21.4. The van der Waals surface area contributed by atoms with E-state index in [2.05, 4.69) is 34.8 Å². The van der Waals surface area contributed by atoms with Gasteiger partial charge >= 0.3 is 0 Å². The largest absolute Gasteiger partial charge is 0.306 e. The second-order valence-corrected chi connectivity index (χ2v) is 5.49. The first kappa shape index (κ1) is 12.5. The van der Waals surface area contributed by atoms with Gasteiger partial charge in [0.15, 0.2) is 0 Å². The number of hydrogen-bond acceptors (Lipinski definition) is 1. The Morgan fingerprint density at radius 1 is 1.21 bits per heavy atom. The molecule has 2 heteroatoms. The van der Waals surface area contributed by atoms with Crippen LogP contribution in [0.1, 0.15) is 45.4 Å². The van der Waals surface area contributed by atoms with E-state index >= 15 is 0 Å². The maximum absolute atomic E-state index is 3.72.